The highest BCUT2D eigenvalue weighted by atomic mass is 16.4. The number of rotatable bonds is 3. The van der Waals surface area contributed by atoms with Gasteiger partial charge >= 0.3 is 12.0 Å². The molecule has 0 aromatic heterocycles. The number of imide groups is 1. The van der Waals surface area contributed by atoms with Crippen LogP contribution in [0.1, 0.15) is 40.5 Å². The van der Waals surface area contributed by atoms with E-state index in [2.05, 4.69) is 24.5 Å². The fourth-order valence-electron chi connectivity index (χ4n) is 2.30. The van der Waals surface area contributed by atoms with Gasteiger partial charge in [0, 0.05) is 17.2 Å². The van der Waals surface area contributed by atoms with Gasteiger partial charge in [-0.15, -0.1) is 0 Å². The lowest BCUT2D eigenvalue weighted by Crippen LogP contribution is -2.46. The summed E-state index contributed by atoms with van der Waals surface area (Å²) >= 11 is 0. The second-order valence-electron chi connectivity index (χ2n) is 5.50. The number of carboxylic acids is 1. The van der Waals surface area contributed by atoms with Gasteiger partial charge in [-0.1, -0.05) is 13.8 Å². The van der Waals surface area contributed by atoms with Gasteiger partial charge in [-0.2, -0.15) is 0 Å². The third-order valence-electron chi connectivity index (χ3n) is 4.23. The van der Waals surface area contributed by atoms with Crippen LogP contribution in [-0.2, 0) is 9.59 Å². The molecule has 6 heteroatoms. The van der Waals surface area contributed by atoms with E-state index >= 15 is 0 Å². The molecule has 0 saturated heterocycles. The van der Waals surface area contributed by atoms with Gasteiger partial charge in [0.05, 0.1) is 0 Å². The molecule has 112 valence electrons. The highest BCUT2D eigenvalue weighted by Gasteiger charge is 2.31. The molecule has 1 fully saturated rings. The summed E-state index contributed by atoms with van der Waals surface area (Å²) in [5, 5.41) is 13.7. The van der Waals surface area contributed by atoms with Gasteiger partial charge in [0.1, 0.15) is 0 Å². The fourth-order valence-corrected chi connectivity index (χ4v) is 2.30. The van der Waals surface area contributed by atoms with Gasteiger partial charge in [-0.25, -0.2) is 9.59 Å². The van der Waals surface area contributed by atoms with E-state index in [9.17, 15) is 14.4 Å². The predicted octanol–water partition coefficient (Wildman–Crippen LogP) is 1.67. The second-order valence-corrected chi connectivity index (χ2v) is 5.50. The van der Waals surface area contributed by atoms with Gasteiger partial charge < -0.3 is 10.4 Å². The summed E-state index contributed by atoms with van der Waals surface area (Å²) in [5.41, 5.74) is -0.0429. The Bertz CT molecular complexity index is 456. The Morgan fingerprint density at radius 2 is 1.65 bits per heavy atom. The molecule has 0 radical (unpaired) electrons. The SMILES string of the molecule is CC(C(=O)O)=C(C)C(=O)NC(=O)NC1CCC(C)C1C. The standard InChI is InChI=1S/C14H22N2O4/c1-7-5-6-11(8(7)2)15-14(20)16-12(17)9(3)10(4)13(18)19/h7-8,11H,5-6H2,1-4H3,(H,18,19)(H2,15,16,17,20). The first-order chi connectivity index (χ1) is 9.23. The quantitative estimate of drug-likeness (QED) is 0.686. The minimum Gasteiger partial charge on any atom is -0.478 e. The Morgan fingerprint density at radius 1 is 1.05 bits per heavy atom. The van der Waals surface area contributed by atoms with E-state index in [1.807, 2.05) is 0 Å². The van der Waals surface area contributed by atoms with Gasteiger partial charge in [0.2, 0.25) is 0 Å². The van der Waals surface area contributed by atoms with Gasteiger partial charge in [-0.3, -0.25) is 10.1 Å². The van der Waals surface area contributed by atoms with Crippen molar-refractivity contribution in [1.82, 2.24) is 10.6 Å². The normalized spacial score (nSPS) is 26.7. The number of carbonyl (C=O) groups excluding carboxylic acids is 2. The molecule has 0 aliphatic heterocycles. The van der Waals surface area contributed by atoms with E-state index in [1.165, 1.54) is 13.8 Å². The number of aliphatic carboxylic acids is 1. The molecule has 6 nitrogen and oxygen atoms in total. The zero-order valence-electron chi connectivity index (χ0n) is 12.3. The van der Waals surface area contributed by atoms with Crippen LogP contribution in [0.3, 0.4) is 0 Å². The molecule has 1 aliphatic carbocycles. The molecule has 3 amide bonds. The average molecular weight is 282 g/mol. The predicted molar refractivity (Wildman–Crippen MR) is 74.0 cm³/mol. The Hall–Kier alpha value is -1.85. The summed E-state index contributed by atoms with van der Waals surface area (Å²) < 4.78 is 0. The Balaban J connectivity index is 2.57. The molecule has 3 atom stereocenters. The topological polar surface area (TPSA) is 95.5 Å². The van der Waals surface area contributed by atoms with Crippen LogP contribution in [0.4, 0.5) is 4.79 Å². The molecule has 0 heterocycles. The zero-order chi connectivity index (χ0) is 15.4. The van der Waals surface area contributed by atoms with E-state index in [0.29, 0.717) is 11.8 Å². The summed E-state index contributed by atoms with van der Waals surface area (Å²) in [5.74, 6) is -0.933. The molecular formula is C14H22N2O4. The number of urea groups is 1. The van der Waals surface area contributed by atoms with Gasteiger partial charge in [0.15, 0.2) is 0 Å². The summed E-state index contributed by atoms with van der Waals surface area (Å²) in [6.45, 7) is 6.92. The molecule has 1 rings (SSSR count). The van der Waals surface area contributed by atoms with Crippen molar-refractivity contribution in [2.24, 2.45) is 11.8 Å². The summed E-state index contributed by atoms with van der Waals surface area (Å²) in [7, 11) is 0. The Morgan fingerprint density at radius 3 is 2.10 bits per heavy atom. The molecule has 0 bridgehead atoms. The third kappa shape index (κ3) is 3.82. The molecule has 0 aromatic rings. The minimum absolute atomic E-state index is 0.0282. The van der Waals surface area contributed by atoms with Crippen LogP contribution in [-0.4, -0.2) is 29.1 Å². The zero-order valence-corrected chi connectivity index (χ0v) is 12.3. The van der Waals surface area contributed by atoms with Crippen molar-refractivity contribution in [3.8, 4) is 0 Å². The monoisotopic (exact) mass is 282 g/mol. The number of carbonyl (C=O) groups is 3. The first-order valence-electron chi connectivity index (χ1n) is 6.76. The highest BCUT2D eigenvalue weighted by Crippen LogP contribution is 2.30. The third-order valence-corrected chi connectivity index (χ3v) is 4.23. The van der Waals surface area contributed by atoms with E-state index in [4.69, 9.17) is 5.11 Å². The minimum atomic E-state index is -1.17. The maximum atomic E-state index is 11.7. The molecule has 1 saturated carbocycles. The van der Waals surface area contributed by atoms with Crippen molar-refractivity contribution < 1.29 is 19.5 Å². The summed E-state index contributed by atoms with van der Waals surface area (Å²) in [4.78, 5) is 34.2. The smallest absolute Gasteiger partial charge is 0.331 e. The maximum Gasteiger partial charge on any atom is 0.331 e. The number of hydrogen-bond acceptors (Lipinski definition) is 3. The molecule has 0 aromatic carbocycles. The van der Waals surface area contributed by atoms with E-state index < -0.39 is 17.9 Å². The van der Waals surface area contributed by atoms with E-state index in [0.717, 1.165) is 12.8 Å². The van der Waals surface area contributed by atoms with Crippen LogP contribution in [0, 0.1) is 11.8 Å². The van der Waals surface area contributed by atoms with Crippen molar-refractivity contribution >= 4 is 17.9 Å². The summed E-state index contributed by atoms with van der Waals surface area (Å²) in [6.07, 6.45) is 1.95. The number of carboxylic acid groups (broad SMARTS) is 1. The van der Waals surface area contributed by atoms with Crippen molar-refractivity contribution in [2.45, 2.75) is 46.6 Å². The molecule has 3 unspecified atom stereocenters. The molecular weight excluding hydrogens is 260 g/mol. The van der Waals surface area contributed by atoms with Crippen LogP contribution in [0.15, 0.2) is 11.1 Å². The van der Waals surface area contributed by atoms with Gasteiger partial charge in [-0.05, 0) is 38.5 Å². The lowest BCUT2D eigenvalue weighted by atomic mass is 9.98. The maximum absolute atomic E-state index is 11.7. The van der Waals surface area contributed by atoms with Crippen LogP contribution in [0.25, 0.3) is 0 Å². The van der Waals surface area contributed by atoms with Crippen LogP contribution < -0.4 is 10.6 Å². The average Bonchev–Trinajstić information content (AvgIpc) is 2.68. The number of nitrogens with one attached hydrogen (secondary N) is 2. The van der Waals surface area contributed by atoms with Crippen molar-refractivity contribution in [3.63, 3.8) is 0 Å². The Kier molecular flexibility index (Phi) is 5.30. The summed E-state index contributed by atoms with van der Waals surface area (Å²) in [6, 6.07) is -0.513. The largest absolute Gasteiger partial charge is 0.478 e. The lowest BCUT2D eigenvalue weighted by Gasteiger charge is -2.19. The number of amides is 3. The molecule has 20 heavy (non-hydrogen) atoms. The Labute approximate surface area is 118 Å². The highest BCUT2D eigenvalue weighted by molar-refractivity contribution is 6.07. The molecule has 1 aliphatic rings. The van der Waals surface area contributed by atoms with E-state index in [-0.39, 0.29) is 17.2 Å². The van der Waals surface area contributed by atoms with Crippen LogP contribution >= 0.6 is 0 Å². The molecule has 0 spiro atoms. The first-order valence-corrected chi connectivity index (χ1v) is 6.76. The lowest BCUT2D eigenvalue weighted by molar-refractivity contribution is -0.133. The fraction of sp³-hybridized carbons (Fsp3) is 0.643. The van der Waals surface area contributed by atoms with Crippen molar-refractivity contribution in [3.05, 3.63) is 11.1 Å². The van der Waals surface area contributed by atoms with Gasteiger partial charge in [0.25, 0.3) is 5.91 Å². The van der Waals surface area contributed by atoms with Crippen molar-refractivity contribution in [1.29, 1.82) is 0 Å². The number of hydrogen-bond donors (Lipinski definition) is 3. The molecule has 3 N–H and O–H groups in total. The van der Waals surface area contributed by atoms with E-state index in [1.54, 1.807) is 0 Å². The van der Waals surface area contributed by atoms with Crippen molar-refractivity contribution in [2.75, 3.05) is 0 Å². The second kappa shape index (κ2) is 6.54. The van der Waals surface area contributed by atoms with Crippen LogP contribution in [0.5, 0.6) is 0 Å². The first kappa shape index (κ1) is 16.2. The van der Waals surface area contributed by atoms with Crippen LogP contribution in [0.2, 0.25) is 0 Å².